The molecule has 0 bridgehead atoms. The fourth-order valence-corrected chi connectivity index (χ4v) is 1.22. The molecule has 0 aliphatic carbocycles. The molecule has 1 aromatic rings. The Bertz CT molecular complexity index is 378. The van der Waals surface area contributed by atoms with Crippen molar-refractivity contribution in [3.63, 3.8) is 0 Å². The van der Waals surface area contributed by atoms with Crippen LogP contribution in [0.4, 0.5) is 5.82 Å². The molecule has 18 heavy (non-hydrogen) atoms. The molecule has 0 aromatic carbocycles. The Kier molecular flexibility index (Phi) is 6.42. The Labute approximate surface area is 106 Å². The van der Waals surface area contributed by atoms with Crippen LogP contribution in [-0.4, -0.2) is 42.4 Å². The lowest BCUT2D eigenvalue weighted by Gasteiger charge is -2.05. The zero-order valence-electron chi connectivity index (χ0n) is 10.5. The van der Waals surface area contributed by atoms with E-state index in [0.29, 0.717) is 37.8 Å². The summed E-state index contributed by atoms with van der Waals surface area (Å²) in [6, 6.07) is 3.34. The van der Waals surface area contributed by atoms with Crippen LogP contribution in [0.3, 0.4) is 0 Å². The van der Waals surface area contributed by atoms with E-state index >= 15 is 0 Å². The first-order valence-corrected chi connectivity index (χ1v) is 5.82. The van der Waals surface area contributed by atoms with Crippen molar-refractivity contribution in [2.45, 2.75) is 6.92 Å². The smallest absolute Gasteiger partial charge is 0.271 e. The van der Waals surface area contributed by atoms with Crippen molar-refractivity contribution in [1.29, 1.82) is 0 Å². The van der Waals surface area contributed by atoms with Gasteiger partial charge in [0, 0.05) is 13.1 Å². The zero-order chi connectivity index (χ0) is 13.2. The third-order valence-electron chi connectivity index (χ3n) is 2.02. The van der Waals surface area contributed by atoms with Crippen molar-refractivity contribution in [2.75, 3.05) is 31.6 Å². The highest BCUT2D eigenvalue weighted by Gasteiger charge is 2.05. The van der Waals surface area contributed by atoms with Crippen LogP contribution in [0.1, 0.15) is 17.4 Å². The van der Waals surface area contributed by atoms with Gasteiger partial charge in [0.15, 0.2) is 5.69 Å². The number of carbonyl (C=O) groups is 1. The second kappa shape index (κ2) is 8.19. The summed E-state index contributed by atoms with van der Waals surface area (Å²) in [7, 11) is 0. The number of ether oxygens (including phenoxy) is 1. The topological polar surface area (TPSA) is 76.1 Å². The van der Waals surface area contributed by atoms with Crippen LogP contribution in [0.15, 0.2) is 24.8 Å². The molecule has 0 fully saturated rings. The molecule has 1 aromatic heterocycles. The predicted molar refractivity (Wildman–Crippen MR) is 69.5 cm³/mol. The van der Waals surface area contributed by atoms with E-state index in [1.54, 1.807) is 18.2 Å². The molecule has 98 valence electrons. The standard InChI is InChI=1S/C12H18N4O2/c1-3-8-18-9-7-14-11-6-5-10(15-16-11)12(17)13-4-2/h3,5-6H,1,4,7-9H2,2H3,(H,13,17)(H,14,16). The summed E-state index contributed by atoms with van der Waals surface area (Å²) in [5, 5.41) is 13.4. The first-order valence-electron chi connectivity index (χ1n) is 5.82. The number of nitrogens with zero attached hydrogens (tertiary/aromatic N) is 2. The molecule has 0 atom stereocenters. The Morgan fingerprint density at radius 3 is 2.94 bits per heavy atom. The SMILES string of the molecule is C=CCOCCNc1ccc(C(=O)NCC)nn1. The van der Waals surface area contributed by atoms with Gasteiger partial charge in [0.25, 0.3) is 5.91 Å². The van der Waals surface area contributed by atoms with Crippen molar-refractivity contribution < 1.29 is 9.53 Å². The first-order chi connectivity index (χ1) is 8.77. The van der Waals surface area contributed by atoms with E-state index in [1.165, 1.54) is 0 Å². The van der Waals surface area contributed by atoms with Gasteiger partial charge in [0.2, 0.25) is 0 Å². The summed E-state index contributed by atoms with van der Waals surface area (Å²) >= 11 is 0. The van der Waals surface area contributed by atoms with Gasteiger partial charge >= 0.3 is 0 Å². The van der Waals surface area contributed by atoms with Crippen molar-refractivity contribution >= 4 is 11.7 Å². The lowest BCUT2D eigenvalue weighted by atomic mass is 10.3. The molecular formula is C12H18N4O2. The molecule has 2 N–H and O–H groups in total. The van der Waals surface area contributed by atoms with Crippen LogP contribution < -0.4 is 10.6 Å². The van der Waals surface area contributed by atoms with Crippen LogP contribution in [0.5, 0.6) is 0 Å². The lowest BCUT2D eigenvalue weighted by Crippen LogP contribution is -2.24. The third kappa shape index (κ3) is 4.92. The number of carbonyl (C=O) groups excluding carboxylic acids is 1. The fraction of sp³-hybridized carbons (Fsp3) is 0.417. The maximum absolute atomic E-state index is 11.4. The van der Waals surface area contributed by atoms with Crippen molar-refractivity contribution in [3.8, 4) is 0 Å². The van der Waals surface area contributed by atoms with E-state index in [2.05, 4.69) is 27.4 Å². The molecule has 1 amide bonds. The summed E-state index contributed by atoms with van der Waals surface area (Å²) in [6.07, 6.45) is 1.70. The minimum atomic E-state index is -0.217. The predicted octanol–water partition coefficient (Wildman–Crippen LogP) is 0.841. The highest BCUT2D eigenvalue weighted by Crippen LogP contribution is 2.01. The largest absolute Gasteiger partial charge is 0.376 e. The number of anilines is 1. The number of aromatic nitrogens is 2. The van der Waals surface area contributed by atoms with Gasteiger partial charge in [-0.15, -0.1) is 16.8 Å². The summed E-state index contributed by atoms with van der Waals surface area (Å²) in [4.78, 5) is 11.4. The highest BCUT2D eigenvalue weighted by molar-refractivity contribution is 5.92. The average molecular weight is 250 g/mol. The van der Waals surface area contributed by atoms with Crippen molar-refractivity contribution in [1.82, 2.24) is 15.5 Å². The molecule has 1 rings (SSSR count). The van der Waals surface area contributed by atoms with Gasteiger partial charge in [-0.2, -0.15) is 0 Å². The lowest BCUT2D eigenvalue weighted by molar-refractivity contribution is 0.0950. The fourth-order valence-electron chi connectivity index (χ4n) is 1.22. The normalized spacial score (nSPS) is 9.83. The average Bonchev–Trinajstić information content (AvgIpc) is 2.39. The number of hydrogen-bond acceptors (Lipinski definition) is 5. The molecule has 0 aliphatic rings. The molecule has 0 aliphatic heterocycles. The van der Waals surface area contributed by atoms with Crippen LogP contribution >= 0.6 is 0 Å². The molecule has 1 heterocycles. The number of nitrogens with one attached hydrogen (secondary N) is 2. The van der Waals surface area contributed by atoms with Gasteiger partial charge in [0.05, 0.1) is 13.2 Å². The summed E-state index contributed by atoms with van der Waals surface area (Å²) in [6.45, 7) is 7.69. The monoisotopic (exact) mass is 250 g/mol. The van der Waals surface area contributed by atoms with Crippen molar-refractivity contribution in [3.05, 3.63) is 30.5 Å². The summed E-state index contributed by atoms with van der Waals surface area (Å²) in [5.41, 5.74) is 0.310. The van der Waals surface area contributed by atoms with E-state index in [1.807, 2.05) is 6.92 Å². The molecule has 0 saturated heterocycles. The second-order valence-electron chi connectivity index (χ2n) is 3.45. The Morgan fingerprint density at radius 2 is 2.33 bits per heavy atom. The molecule has 6 nitrogen and oxygen atoms in total. The van der Waals surface area contributed by atoms with Gasteiger partial charge in [0.1, 0.15) is 5.82 Å². The van der Waals surface area contributed by atoms with E-state index in [9.17, 15) is 4.79 Å². The minimum absolute atomic E-state index is 0.217. The quantitative estimate of drug-likeness (QED) is 0.528. The van der Waals surface area contributed by atoms with Crippen LogP contribution in [0, 0.1) is 0 Å². The molecular weight excluding hydrogens is 232 g/mol. The third-order valence-corrected chi connectivity index (χ3v) is 2.02. The molecule has 0 unspecified atom stereocenters. The van der Waals surface area contributed by atoms with E-state index in [-0.39, 0.29) is 5.91 Å². The Balaban J connectivity index is 2.36. The summed E-state index contributed by atoms with van der Waals surface area (Å²) < 4.78 is 5.21. The molecule has 0 saturated carbocycles. The van der Waals surface area contributed by atoms with Crippen molar-refractivity contribution in [2.24, 2.45) is 0 Å². The second-order valence-corrected chi connectivity index (χ2v) is 3.45. The summed E-state index contributed by atoms with van der Waals surface area (Å²) in [5.74, 6) is 0.399. The Morgan fingerprint density at radius 1 is 1.50 bits per heavy atom. The number of hydrogen-bond donors (Lipinski definition) is 2. The van der Waals surface area contributed by atoms with Gasteiger partial charge in [-0.05, 0) is 19.1 Å². The maximum Gasteiger partial charge on any atom is 0.271 e. The van der Waals surface area contributed by atoms with Gasteiger partial charge in [-0.25, -0.2) is 0 Å². The number of rotatable bonds is 8. The van der Waals surface area contributed by atoms with Crippen LogP contribution in [-0.2, 0) is 4.74 Å². The van der Waals surface area contributed by atoms with Crippen LogP contribution in [0.25, 0.3) is 0 Å². The Hall–Kier alpha value is -1.95. The number of amides is 1. The van der Waals surface area contributed by atoms with Gasteiger partial charge in [-0.1, -0.05) is 6.08 Å². The van der Waals surface area contributed by atoms with E-state index in [0.717, 1.165) is 0 Å². The van der Waals surface area contributed by atoms with E-state index in [4.69, 9.17) is 4.74 Å². The highest BCUT2D eigenvalue weighted by atomic mass is 16.5. The van der Waals surface area contributed by atoms with Gasteiger partial charge in [-0.3, -0.25) is 4.79 Å². The minimum Gasteiger partial charge on any atom is -0.376 e. The molecule has 0 spiro atoms. The van der Waals surface area contributed by atoms with Gasteiger partial charge < -0.3 is 15.4 Å². The molecule has 0 radical (unpaired) electrons. The zero-order valence-corrected chi connectivity index (χ0v) is 10.5. The van der Waals surface area contributed by atoms with E-state index < -0.39 is 0 Å². The molecule has 6 heteroatoms. The van der Waals surface area contributed by atoms with Crippen LogP contribution in [0.2, 0.25) is 0 Å². The maximum atomic E-state index is 11.4. The first kappa shape index (κ1) is 14.1.